The molecule has 2 aromatic carbocycles. The fourth-order valence-electron chi connectivity index (χ4n) is 4.28. The Labute approximate surface area is 238 Å². The van der Waals surface area contributed by atoms with E-state index in [-0.39, 0.29) is 5.75 Å². The number of carbonyl (C=O) groups is 1. The van der Waals surface area contributed by atoms with Crippen molar-refractivity contribution in [1.82, 2.24) is 14.6 Å². The number of aliphatic hydroxyl groups is 1. The number of rotatable bonds is 10. The Balaban J connectivity index is 1.61. The number of alkyl halides is 1. The van der Waals surface area contributed by atoms with Crippen LogP contribution in [-0.2, 0) is 23.4 Å². The third kappa shape index (κ3) is 6.72. The Kier molecular flexibility index (Phi) is 9.07. The van der Waals surface area contributed by atoms with Gasteiger partial charge >= 0.3 is 19.4 Å². The van der Waals surface area contributed by atoms with Gasteiger partial charge in [-0.05, 0) is 39.1 Å². The summed E-state index contributed by atoms with van der Waals surface area (Å²) in [6.45, 7) is 5.00. The smallest absolute Gasteiger partial charge is 0.459 e. The van der Waals surface area contributed by atoms with Gasteiger partial charge < -0.3 is 19.1 Å². The lowest BCUT2D eigenvalue weighted by Gasteiger charge is -2.26. The van der Waals surface area contributed by atoms with Crippen LogP contribution < -0.4 is 20.9 Å². The molecular formula is C26H30ClFN3O9P. The fourth-order valence-corrected chi connectivity index (χ4v) is 5.95. The molecule has 0 radical (unpaired) electrons. The van der Waals surface area contributed by atoms with Crippen LogP contribution in [-0.4, -0.2) is 57.3 Å². The largest absolute Gasteiger partial charge is 0.462 e. The van der Waals surface area contributed by atoms with E-state index in [1.165, 1.54) is 6.92 Å². The van der Waals surface area contributed by atoms with Crippen LogP contribution in [0.4, 0.5) is 4.39 Å². The highest BCUT2D eigenvalue weighted by Crippen LogP contribution is 2.48. The molecule has 41 heavy (non-hydrogen) atoms. The summed E-state index contributed by atoms with van der Waals surface area (Å²) in [6, 6.07) is 11.0. The summed E-state index contributed by atoms with van der Waals surface area (Å²) < 4.78 is 52.6. The van der Waals surface area contributed by atoms with Crippen LogP contribution in [0.5, 0.6) is 5.75 Å². The Hall–Kier alpha value is -3.06. The molecule has 222 valence electrons. The molecule has 0 spiro atoms. The topological polar surface area (TPSA) is 158 Å². The van der Waals surface area contributed by atoms with E-state index >= 15 is 4.39 Å². The van der Waals surface area contributed by atoms with E-state index in [0.29, 0.717) is 9.95 Å². The number of halogens is 2. The van der Waals surface area contributed by atoms with Gasteiger partial charge in [-0.25, -0.2) is 13.8 Å². The molecule has 0 aliphatic carbocycles. The molecule has 0 saturated carbocycles. The number of nitrogens with zero attached hydrogens (tertiary/aromatic N) is 1. The van der Waals surface area contributed by atoms with Crippen LogP contribution in [0.15, 0.2) is 58.3 Å². The monoisotopic (exact) mass is 613 g/mol. The zero-order chi connectivity index (χ0) is 30.1. The number of nitrogens with one attached hydrogen (secondary N) is 2. The standard InChI is InChI=1S/C26H30ClFN3O9P/c1-14(2)38-23(34)15(3)30-41(36,40-19-11-7-9-16-8-5-6-10-17(16)19)37-13-20-21(32)26(4,28)24(39-20)31-12-18(27)22(33)29-25(31)35/h5-12,14-15,20-21,24,32H,13H2,1-4H3,(H,30,36)(H,29,33,35)/t15-,20-,21-,24-,26-,41?/m1/s1. The lowest BCUT2D eigenvalue weighted by Crippen LogP contribution is -2.44. The van der Waals surface area contributed by atoms with Crippen LogP contribution in [0, 0.1) is 0 Å². The number of fused-ring (bicyclic) bond motifs is 1. The number of ether oxygens (including phenoxy) is 2. The lowest BCUT2D eigenvalue weighted by atomic mass is 9.98. The molecule has 3 aromatic rings. The molecule has 1 fully saturated rings. The van der Waals surface area contributed by atoms with Crippen LogP contribution in [0.2, 0.25) is 5.02 Å². The number of hydrogen-bond donors (Lipinski definition) is 3. The van der Waals surface area contributed by atoms with Gasteiger partial charge in [0.15, 0.2) is 11.9 Å². The molecule has 1 aliphatic heterocycles. The van der Waals surface area contributed by atoms with Gasteiger partial charge in [-0.15, -0.1) is 0 Å². The highest BCUT2D eigenvalue weighted by atomic mass is 35.5. The number of aromatic nitrogens is 2. The van der Waals surface area contributed by atoms with Gasteiger partial charge in [0.25, 0.3) is 5.56 Å². The molecule has 0 amide bonds. The fraction of sp³-hybridized carbons (Fsp3) is 0.423. The Morgan fingerprint density at radius 3 is 2.63 bits per heavy atom. The van der Waals surface area contributed by atoms with Gasteiger partial charge in [-0.3, -0.25) is 23.7 Å². The van der Waals surface area contributed by atoms with Crippen molar-refractivity contribution in [3.63, 3.8) is 0 Å². The summed E-state index contributed by atoms with van der Waals surface area (Å²) >= 11 is 5.81. The first-order valence-electron chi connectivity index (χ1n) is 12.7. The quantitative estimate of drug-likeness (QED) is 0.228. The van der Waals surface area contributed by atoms with Crippen molar-refractivity contribution in [1.29, 1.82) is 0 Å². The maximum absolute atomic E-state index is 15.7. The summed E-state index contributed by atoms with van der Waals surface area (Å²) in [7, 11) is -4.44. The highest BCUT2D eigenvalue weighted by Gasteiger charge is 2.56. The van der Waals surface area contributed by atoms with Gasteiger partial charge in [0, 0.05) is 11.6 Å². The average Bonchev–Trinajstić information content (AvgIpc) is 3.13. The van der Waals surface area contributed by atoms with Crippen molar-refractivity contribution in [2.24, 2.45) is 0 Å². The highest BCUT2D eigenvalue weighted by molar-refractivity contribution is 7.52. The number of esters is 1. The molecule has 1 aromatic heterocycles. The number of carbonyl (C=O) groups excluding carboxylic acids is 1. The normalized spacial score (nSPS) is 24.7. The molecule has 1 aliphatic rings. The van der Waals surface area contributed by atoms with Gasteiger partial charge in [0.2, 0.25) is 0 Å². The molecule has 1 unspecified atom stereocenters. The average molecular weight is 614 g/mol. The number of H-pyrrole nitrogens is 1. The van der Waals surface area contributed by atoms with E-state index < -0.39 is 72.8 Å². The Morgan fingerprint density at radius 1 is 1.24 bits per heavy atom. The second-order valence-electron chi connectivity index (χ2n) is 9.96. The molecule has 2 heterocycles. The predicted octanol–water partition coefficient (Wildman–Crippen LogP) is 3.46. The third-order valence-corrected chi connectivity index (χ3v) is 8.23. The van der Waals surface area contributed by atoms with Gasteiger partial charge in [0.05, 0.1) is 12.7 Å². The van der Waals surface area contributed by atoms with E-state index in [9.17, 15) is 24.1 Å². The van der Waals surface area contributed by atoms with Crippen molar-refractivity contribution in [3.05, 3.63) is 74.5 Å². The van der Waals surface area contributed by atoms with Gasteiger partial charge in [0.1, 0.15) is 29.0 Å². The predicted molar refractivity (Wildman–Crippen MR) is 148 cm³/mol. The maximum Gasteiger partial charge on any atom is 0.459 e. The molecule has 12 nitrogen and oxygen atoms in total. The minimum atomic E-state index is -4.44. The minimum absolute atomic E-state index is 0.166. The van der Waals surface area contributed by atoms with Crippen molar-refractivity contribution >= 4 is 36.1 Å². The minimum Gasteiger partial charge on any atom is -0.462 e. The SMILES string of the molecule is CC(C)OC(=O)[C@@H](C)NP(=O)(OC[C@H]1O[C@@H](n2cc(Cl)c(=O)[nH]c2=O)[C@](C)(F)[C@@H]1O)Oc1cccc2ccccc12. The first-order valence-corrected chi connectivity index (χ1v) is 14.6. The summed E-state index contributed by atoms with van der Waals surface area (Å²) in [5.41, 5.74) is -4.47. The number of aromatic amines is 1. The Bertz CT molecular complexity index is 1590. The molecule has 0 bridgehead atoms. The number of benzene rings is 2. The van der Waals surface area contributed by atoms with Gasteiger partial charge in [-0.2, -0.15) is 5.09 Å². The second-order valence-corrected chi connectivity index (χ2v) is 12.1. The maximum atomic E-state index is 15.7. The van der Waals surface area contributed by atoms with Gasteiger partial charge in [-0.1, -0.05) is 48.0 Å². The molecule has 6 atom stereocenters. The van der Waals surface area contributed by atoms with Crippen molar-refractivity contribution < 1.29 is 37.4 Å². The molecular weight excluding hydrogens is 584 g/mol. The first-order chi connectivity index (χ1) is 19.2. The van der Waals surface area contributed by atoms with Crippen LogP contribution in [0.3, 0.4) is 0 Å². The van der Waals surface area contributed by atoms with Crippen LogP contribution >= 0.6 is 19.3 Å². The summed E-state index contributed by atoms with van der Waals surface area (Å²) in [6.07, 6.45) is -4.62. The second kappa shape index (κ2) is 12.0. The van der Waals surface area contributed by atoms with E-state index in [1.54, 1.807) is 38.1 Å². The summed E-state index contributed by atoms with van der Waals surface area (Å²) in [5.74, 6) is -0.563. The zero-order valence-corrected chi connectivity index (χ0v) is 24.2. The van der Waals surface area contributed by atoms with E-state index in [1.807, 2.05) is 23.2 Å². The molecule has 4 rings (SSSR count). The number of hydrogen-bond acceptors (Lipinski definition) is 9. The van der Waals surface area contributed by atoms with Crippen molar-refractivity contribution in [2.75, 3.05) is 6.61 Å². The third-order valence-electron chi connectivity index (χ3n) is 6.33. The van der Waals surface area contributed by atoms with Crippen molar-refractivity contribution in [3.8, 4) is 5.75 Å². The van der Waals surface area contributed by atoms with E-state index in [2.05, 4.69) is 5.09 Å². The lowest BCUT2D eigenvalue weighted by molar-refractivity contribution is -0.149. The first kappa shape index (κ1) is 30.9. The van der Waals surface area contributed by atoms with Crippen LogP contribution in [0.1, 0.15) is 33.9 Å². The molecule has 15 heteroatoms. The zero-order valence-electron chi connectivity index (χ0n) is 22.6. The summed E-state index contributed by atoms with van der Waals surface area (Å²) in [5, 5.41) is 14.2. The molecule has 1 saturated heterocycles. The van der Waals surface area contributed by atoms with E-state index in [4.69, 9.17) is 30.1 Å². The van der Waals surface area contributed by atoms with Crippen LogP contribution in [0.25, 0.3) is 10.8 Å². The number of aliphatic hydroxyl groups excluding tert-OH is 1. The van der Waals surface area contributed by atoms with Crippen molar-refractivity contribution in [2.45, 2.75) is 63.9 Å². The Morgan fingerprint density at radius 2 is 1.93 bits per heavy atom. The summed E-state index contributed by atoms with van der Waals surface area (Å²) in [4.78, 5) is 38.4. The molecule has 3 N–H and O–H groups in total. The van der Waals surface area contributed by atoms with E-state index in [0.717, 1.165) is 18.5 Å².